The molecule has 2 aromatic rings. The second-order valence-corrected chi connectivity index (χ2v) is 12.2. The van der Waals surface area contributed by atoms with E-state index in [2.05, 4.69) is 66.1 Å². The Morgan fingerprint density at radius 1 is 1.00 bits per heavy atom. The van der Waals surface area contributed by atoms with Crippen LogP contribution in [-0.4, -0.2) is 62.8 Å². The Hall–Kier alpha value is -2.57. The Bertz CT molecular complexity index is 1100. The van der Waals surface area contributed by atoms with E-state index in [9.17, 15) is 4.79 Å². The van der Waals surface area contributed by atoms with Gasteiger partial charge >= 0.3 is 5.97 Å². The van der Waals surface area contributed by atoms with Crippen LogP contribution in [0.15, 0.2) is 42.5 Å². The van der Waals surface area contributed by atoms with Crippen LogP contribution in [0, 0.1) is 23.7 Å². The third-order valence-electron chi connectivity index (χ3n) is 9.08. The number of ether oxygens (including phenoxy) is 3. The van der Waals surface area contributed by atoms with Gasteiger partial charge in [-0.3, -0.25) is 14.6 Å². The third kappa shape index (κ3) is 6.60. The molecular weight excluding hydrogens is 488 g/mol. The molecule has 0 unspecified atom stereocenters. The van der Waals surface area contributed by atoms with Gasteiger partial charge in [0.05, 0.1) is 26.7 Å². The SMILES string of the molecule is COc1cc2c(cc1OC)[C@H]1C[C@@H](COC(=O)[C@@H]3CCCN(Cc4ccccc4)C3)[C@H](CC(C)C)CN1CC2. The van der Waals surface area contributed by atoms with Crippen LogP contribution in [0.2, 0.25) is 0 Å². The van der Waals surface area contributed by atoms with Crippen molar-refractivity contribution in [3.63, 3.8) is 0 Å². The second kappa shape index (κ2) is 12.7. The first-order valence-electron chi connectivity index (χ1n) is 14.9. The van der Waals surface area contributed by atoms with Gasteiger partial charge in [-0.1, -0.05) is 44.2 Å². The highest BCUT2D eigenvalue weighted by Crippen LogP contribution is 2.45. The summed E-state index contributed by atoms with van der Waals surface area (Å²) in [6.07, 6.45) is 5.18. The third-order valence-corrected chi connectivity index (χ3v) is 9.08. The molecule has 0 spiro atoms. The Balaban J connectivity index is 1.25. The van der Waals surface area contributed by atoms with Crippen LogP contribution in [0.1, 0.15) is 62.3 Å². The smallest absolute Gasteiger partial charge is 0.310 e. The lowest BCUT2D eigenvalue weighted by Crippen LogP contribution is -2.47. The predicted molar refractivity (Wildman–Crippen MR) is 154 cm³/mol. The van der Waals surface area contributed by atoms with Crippen molar-refractivity contribution in [1.29, 1.82) is 0 Å². The van der Waals surface area contributed by atoms with Gasteiger partial charge in [-0.15, -0.1) is 0 Å². The van der Waals surface area contributed by atoms with Crippen molar-refractivity contribution in [3.8, 4) is 11.5 Å². The first kappa shape index (κ1) is 28.0. The summed E-state index contributed by atoms with van der Waals surface area (Å²) in [4.78, 5) is 18.4. The van der Waals surface area contributed by atoms with E-state index in [1.165, 1.54) is 23.1 Å². The molecule has 0 amide bonds. The Kier molecular flexibility index (Phi) is 9.13. The summed E-state index contributed by atoms with van der Waals surface area (Å²) in [7, 11) is 3.41. The molecule has 5 rings (SSSR count). The number of likely N-dealkylation sites (tertiary alicyclic amines) is 1. The van der Waals surface area contributed by atoms with Gasteiger partial charge in [0.25, 0.3) is 0 Å². The molecular formula is C33H46N2O4. The summed E-state index contributed by atoms with van der Waals surface area (Å²) < 4.78 is 17.4. The molecule has 2 aromatic carbocycles. The topological polar surface area (TPSA) is 51.2 Å². The highest BCUT2D eigenvalue weighted by atomic mass is 16.5. The maximum Gasteiger partial charge on any atom is 0.310 e. The number of hydrogen-bond acceptors (Lipinski definition) is 6. The minimum Gasteiger partial charge on any atom is -0.493 e. The standard InChI is InChI=1S/C33H46N2O4/c1-23(2)15-27-21-35-14-12-25-17-31(37-3)32(38-4)18-29(25)30(35)16-28(27)22-39-33(36)26-11-8-13-34(20-26)19-24-9-6-5-7-10-24/h5-7,9-10,17-18,23,26-28,30H,8,11-16,19-22H2,1-4H3/t26-,27-,28+,30-/m1/s1. The molecule has 0 saturated carbocycles. The molecule has 6 nitrogen and oxygen atoms in total. The second-order valence-electron chi connectivity index (χ2n) is 12.2. The van der Waals surface area contributed by atoms with E-state index in [1.807, 2.05) is 0 Å². The van der Waals surface area contributed by atoms with Crippen LogP contribution in [-0.2, 0) is 22.5 Å². The molecule has 4 atom stereocenters. The van der Waals surface area contributed by atoms with Gasteiger partial charge in [-0.2, -0.15) is 0 Å². The van der Waals surface area contributed by atoms with E-state index in [0.29, 0.717) is 30.4 Å². The summed E-state index contributed by atoms with van der Waals surface area (Å²) in [6.45, 7) is 10.00. The van der Waals surface area contributed by atoms with Crippen molar-refractivity contribution < 1.29 is 19.0 Å². The number of fused-ring (bicyclic) bond motifs is 3. The molecule has 3 heterocycles. The fourth-order valence-electron chi connectivity index (χ4n) is 7.12. The minimum atomic E-state index is -0.0294. The van der Waals surface area contributed by atoms with Crippen molar-refractivity contribution in [2.75, 3.05) is 47.0 Å². The van der Waals surface area contributed by atoms with Gasteiger partial charge in [0.2, 0.25) is 0 Å². The average Bonchev–Trinajstić information content (AvgIpc) is 2.95. The van der Waals surface area contributed by atoms with Gasteiger partial charge in [-0.05, 0) is 85.2 Å². The van der Waals surface area contributed by atoms with E-state index >= 15 is 0 Å². The highest BCUT2D eigenvalue weighted by Gasteiger charge is 2.40. The van der Waals surface area contributed by atoms with Crippen molar-refractivity contribution in [3.05, 3.63) is 59.2 Å². The number of piperidine rings is 2. The molecule has 0 radical (unpaired) electrons. The maximum atomic E-state index is 13.3. The summed E-state index contributed by atoms with van der Waals surface area (Å²) in [5, 5.41) is 0. The lowest BCUT2D eigenvalue weighted by atomic mass is 9.74. The van der Waals surface area contributed by atoms with E-state index in [4.69, 9.17) is 14.2 Å². The predicted octanol–water partition coefficient (Wildman–Crippen LogP) is 5.74. The molecule has 39 heavy (non-hydrogen) atoms. The number of rotatable bonds is 9. The van der Waals surface area contributed by atoms with E-state index in [0.717, 1.165) is 69.9 Å². The molecule has 0 N–H and O–H groups in total. The molecule has 6 heteroatoms. The molecule has 0 aromatic heterocycles. The first-order valence-corrected chi connectivity index (χ1v) is 14.9. The quantitative estimate of drug-likeness (QED) is 0.383. The van der Waals surface area contributed by atoms with Crippen molar-refractivity contribution in [2.24, 2.45) is 23.7 Å². The van der Waals surface area contributed by atoms with Crippen LogP contribution < -0.4 is 9.47 Å². The summed E-state index contributed by atoms with van der Waals surface area (Å²) in [5.74, 6) is 3.08. The van der Waals surface area contributed by atoms with Gasteiger partial charge in [0.1, 0.15) is 0 Å². The number of carbonyl (C=O) groups is 1. The number of benzene rings is 2. The number of nitrogens with zero attached hydrogens (tertiary/aromatic N) is 2. The van der Waals surface area contributed by atoms with Crippen molar-refractivity contribution >= 4 is 5.97 Å². The molecule has 2 fully saturated rings. The molecule has 212 valence electrons. The fraction of sp³-hybridized carbons (Fsp3) is 0.606. The lowest BCUT2D eigenvalue weighted by molar-refractivity contribution is -0.153. The zero-order chi connectivity index (χ0) is 27.4. The number of carbonyl (C=O) groups excluding carboxylic acids is 1. The maximum absolute atomic E-state index is 13.3. The van der Waals surface area contributed by atoms with Crippen LogP contribution in [0.25, 0.3) is 0 Å². The van der Waals surface area contributed by atoms with Crippen LogP contribution in [0.4, 0.5) is 0 Å². The highest BCUT2D eigenvalue weighted by molar-refractivity contribution is 5.72. The Morgan fingerprint density at radius 2 is 1.77 bits per heavy atom. The minimum absolute atomic E-state index is 0.00561. The first-order chi connectivity index (χ1) is 18.9. The zero-order valence-corrected chi connectivity index (χ0v) is 24.2. The molecule has 3 aliphatic rings. The normalized spacial score (nSPS) is 25.6. The Morgan fingerprint density at radius 3 is 2.51 bits per heavy atom. The number of hydrogen-bond donors (Lipinski definition) is 0. The summed E-state index contributed by atoms with van der Waals surface area (Å²) in [6, 6.07) is 15.2. The van der Waals surface area contributed by atoms with Gasteiger partial charge in [-0.25, -0.2) is 0 Å². The van der Waals surface area contributed by atoms with Crippen molar-refractivity contribution in [2.45, 2.75) is 58.5 Å². The Labute approximate surface area is 234 Å². The van der Waals surface area contributed by atoms with Crippen molar-refractivity contribution in [1.82, 2.24) is 9.80 Å². The van der Waals surface area contributed by atoms with E-state index < -0.39 is 0 Å². The van der Waals surface area contributed by atoms with Crippen LogP contribution in [0.3, 0.4) is 0 Å². The average molecular weight is 535 g/mol. The van der Waals surface area contributed by atoms with Gasteiger partial charge in [0, 0.05) is 32.2 Å². The van der Waals surface area contributed by atoms with Gasteiger partial charge < -0.3 is 14.2 Å². The molecule has 3 aliphatic heterocycles. The summed E-state index contributed by atoms with van der Waals surface area (Å²) in [5.41, 5.74) is 4.01. The molecule has 2 saturated heterocycles. The van der Waals surface area contributed by atoms with Gasteiger partial charge in [0.15, 0.2) is 11.5 Å². The zero-order valence-electron chi connectivity index (χ0n) is 24.2. The van der Waals surface area contributed by atoms with Crippen LogP contribution >= 0.6 is 0 Å². The molecule has 0 bridgehead atoms. The summed E-state index contributed by atoms with van der Waals surface area (Å²) >= 11 is 0. The van der Waals surface area contributed by atoms with E-state index in [1.54, 1.807) is 14.2 Å². The number of methoxy groups -OCH3 is 2. The van der Waals surface area contributed by atoms with E-state index in [-0.39, 0.29) is 11.9 Å². The monoisotopic (exact) mass is 534 g/mol. The number of esters is 1. The fourth-order valence-corrected chi connectivity index (χ4v) is 7.12. The lowest BCUT2D eigenvalue weighted by Gasteiger charge is -2.47. The van der Waals surface area contributed by atoms with Crippen LogP contribution in [0.5, 0.6) is 11.5 Å². The largest absolute Gasteiger partial charge is 0.493 e. The molecule has 0 aliphatic carbocycles.